The van der Waals surface area contributed by atoms with Crippen LogP contribution in [0.1, 0.15) is 2.85 Å². The molecule has 0 atom stereocenters. The van der Waals surface area contributed by atoms with Crippen molar-refractivity contribution in [3.63, 3.8) is 0 Å². The third kappa shape index (κ3) is 11.0. The van der Waals surface area contributed by atoms with Crippen molar-refractivity contribution in [2.24, 2.45) is 11.5 Å². The third-order valence-corrected chi connectivity index (χ3v) is 0.167. The molecule has 0 heterocycles. The van der Waals surface area contributed by atoms with Gasteiger partial charge < -0.3 is 14.3 Å². The molecule has 0 aromatic heterocycles. The Hall–Kier alpha value is 1.18. The Bertz CT molecular complexity index is 15.7. The average molecular weight is 102 g/mol. The first-order chi connectivity index (χ1) is 1.91. The summed E-state index contributed by atoms with van der Waals surface area (Å²) < 4.78 is 0. The van der Waals surface area contributed by atoms with E-state index in [0.29, 0.717) is 13.1 Å². The summed E-state index contributed by atoms with van der Waals surface area (Å²) in [6.45, 7) is 1.19. The fraction of sp³-hybridized carbons (Fsp3) is 1.00. The second kappa shape index (κ2) is 8.95. The molecule has 0 fully saturated rings. The number of nitrogens with two attached hydrogens (primary N) is 2. The van der Waals surface area contributed by atoms with Crippen LogP contribution < -0.4 is 11.5 Å². The van der Waals surface area contributed by atoms with E-state index < -0.39 is 0 Å². The Labute approximate surface area is 64.9 Å². The summed E-state index contributed by atoms with van der Waals surface area (Å²) in [7, 11) is 0. The van der Waals surface area contributed by atoms with Crippen molar-refractivity contribution >= 4 is 37.7 Å². The van der Waals surface area contributed by atoms with Crippen molar-refractivity contribution in [2.75, 3.05) is 13.1 Å². The molecule has 0 unspecified atom stereocenters. The van der Waals surface area contributed by atoms with Gasteiger partial charge in [0, 0.05) is 13.1 Å². The van der Waals surface area contributed by atoms with Gasteiger partial charge in [-0.05, 0) is 0 Å². The van der Waals surface area contributed by atoms with Crippen LogP contribution >= 0.6 is 0 Å². The van der Waals surface area contributed by atoms with Crippen LogP contribution in [0.3, 0.4) is 0 Å². The summed E-state index contributed by atoms with van der Waals surface area (Å²) >= 11 is 0. The van der Waals surface area contributed by atoms with Gasteiger partial charge in [0.1, 0.15) is 0 Å². The molecule has 0 saturated heterocycles. The van der Waals surface area contributed by atoms with Crippen molar-refractivity contribution in [3.8, 4) is 0 Å². The van der Waals surface area contributed by atoms with E-state index in [1.54, 1.807) is 0 Å². The average Bonchev–Trinajstić information content (AvgIpc) is 1.37. The second-order valence-electron chi connectivity index (χ2n) is 0.577. The predicted molar refractivity (Wildman–Crippen MR) is 26.1 cm³/mol. The zero-order valence-corrected chi connectivity index (χ0v) is 5.48. The minimum Gasteiger partial charge on any atom is -1.00 e. The molecule has 4 N–H and O–H groups in total. The molecule has 0 amide bonds. The van der Waals surface area contributed by atoms with Gasteiger partial charge >= 0.3 is 37.7 Å². The van der Waals surface area contributed by atoms with E-state index in [9.17, 15) is 0 Å². The van der Waals surface area contributed by atoms with E-state index in [4.69, 9.17) is 11.5 Å². The second-order valence-corrected chi connectivity index (χ2v) is 0.577. The standard InChI is InChI=1S/C2H8N2.Ca.2H/c3-1-2-4;;;/h1-4H2;;;/q;+2;2*-1. The van der Waals surface area contributed by atoms with Crippen LogP contribution in [0.25, 0.3) is 0 Å². The first kappa shape index (κ1) is 9.49. The summed E-state index contributed by atoms with van der Waals surface area (Å²) in [6, 6.07) is 0. The van der Waals surface area contributed by atoms with Gasteiger partial charge in [-0.2, -0.15) is 0 Å². The van der Waals surface area contributed by atoms with E-state index in [2.05, 4.69) is 0 Å². The van der Waals surface area contributed by atoms with Crippen molar-refractivity contribution in [1.29, 1.82) is 0 Å². The predicted octanol–water partition coefficient (Wildman–Crippen LogP) is -1.25. The van der Waals surface area contributed by atoms with Gasteiger partial charge in [-0.15, -0.1) is 0 Å². The molecule has 3 heteroatoms. The Morgan fingerprint density at radius 1 is 1.20 bits per heavy atom. The fourth-order valence-electron chi connectivity index (χ4n) is 0. The van der Waals surface area contributed by atoms with Crippen molar-refractivity contribution in [2.45, 2.75) is 0 Å². The van der Waals surface area contributed by atoms with Gasteiger partial charge in [-0.1, -0.05) is 0 Å². The Kier molecular flexibility index (Phi) is 17.0. The zero-order valence-electron chi connectivity index (χ0n) is 5.28. The molecule has 0 aromatic carbocycles. The molecule has 0 bridgehead atoms. The van der Waals surface area contributed by atoms with E-state index >= 15 is 0 Å². The van der Waals surface area contributed by atoms with E-state index in [-0.39, 0.29) is 40.6 Å². The Balaban J connectivity index is -0.0000000150. The van der Waals surface area contributed by atoms with Gasteiger partial charge in [0.15, 0.2) is 0 Å². The topological polar surface area (TPSA) is 52.0 Å². The van der Waals surface area contributed by atoms with Gasteiger partial charge in [0.05, 0.1) is 0 Å². The number of hydrogen-bond donors (Lipinski definition) is 2. The summed E-state index contributed by atoms with van der Waals surface area (Å²) in [6.07, 6.45) is 0. The number of rotatable bonds is 1. The minimum atomic E-state index is 0. The summed E-state index contributed by atoms with van der Waals surface area (Å²) in [5.74, 6) is 0. The molecule has 0 radical (unpaired) electrons. The van der Waals surface area contributed by atoms with Crippen LogP contribution in [0.15, 0.2) is 0 Å². The first-order valence-corrected chi connectivity index (χ1v) is 1.32. The van der Waals surface area contributed by atoms with E-state index in [1.165, 1.54) is 0 Å². The van der Waals surface area contributed by atoms with Crippen molar-refractivity contribution in [1.82, 2.24) is 0 Å². The molecule has 0 spiro atoms. The molecule has 0 rings (SSSR count). The molecule has 0 aliphatic carbocycles. The van der Waals surface area contributed by atoms with Crippen LogP contribution in [0, 0.1) is 0 Å². The maximum Gasteiger partial charge on any atom is 2.00 e. The van der Waals surface area contributed by atoms with Crippen LogP contribution in [-0.2, 0) is 0 Å². The number of hydrogen-bond acceptors (Lipinski definition) is 2. The molecule has 0 aliphatic heterocycles. The molecule has 0 saturated carbocycles. The normalized spacial score (nSPS) is 6.00. The van der Waals surface area contributed by atoms with Crippen LogP contribution in [-0.4, -0.2) is 50.8 Å². The monoisotopic (exact) mass is 102 g/mol. The van der Waals surface area contributed by atoms with Crippen LogP contribution in [0.4, 0.5) is 0 Å². The quantitative estimate of drug-likeness (QED) is 0.406. The largest absolute Gasteiger partial charge is 2.00 e. The summed E-state index contributed by atoms with van der Waals surface area (Å²) in [5, 5.41) is 0. The van der Waals surface area contributed by atoms with Crippen LogP contribution in [0.5, 0.6) is 0 Å². The van der Waals surface area contributed by atoms with E-state index in [0.717, 1.165) is 0 Å². The van der Waals surface area contributed by atoms with E-state index in [1.807, 2.05) is 0 Å². The minimum absolute atomic E-state index is 0. The third-order valence-electron chi connectivity index (χ3n) is 0.167. The van der Waals surface area contributed by atoms with Gasteiger partial charge in [-0.25, -0.2) is 0 Å². The summed E-state index contributed by atoms with van der Waals surface area (Å²) in [5.41, 5.74) is 9.81. The molecule has 5 heavy (non-hydrogen) atoms. The molecule has 2 nitrogen and oxygen atoms in total. The van der Waals surface area contributed by atoms with Crippen molar-refractivity contribution < 1.29 is 2.85 Å². The molecule has 30 valence electrons. The SMILES string of the molecule is NCCN.[Ca+2].[H-].[H-]. The Morgan fingerprint density at radius 2 is 1.40 bits per heavy atom. The van der Waals surface area contributed by atoms with Gasteiger partial charge in [0.2, 0.25) is 0 Å². The molecule has 0 aromatic rings. The smallest absolute Gasteiger partial charge is 1.00 e. The van der Waals surface area contributed by atoms with Gasteiger partial charge in [-0.3, -0.25) is 0 Å². The summed E-state index contributed by atoms with van der Waals surface area (Å²) in [4.78, 5) is 0. The Morgan fingerprint density at radius 3 is 1.40 bits per heavy atom. The fourth-order valence-corrected chi connectivity index (χ4v) is 0. The molecular weight excluding hydrogens is 92.1 g/mol. The maximum atomic E-state index is 4.90. The first-order valence-electron chi connectivity index (χ1n) is 1.32. The molecule has 0 aliphatic rings. The maximum absolute atomic E-state index is 4.90. The molecular formula is C2H10CaN2. The van der Waals surface area contributed by atoms with Crippen LogP contribution in [0.2, 0.25) is 0 Å². The van der Waals surface area contributed by atoms with Gasteiger partial charge in [0.25, 0.3) is 0 Å². The zero-order chi connectivity index (χ0) is 3.41. The van der Waals surface area contributed by atoms with Crippen molar-refractivity contribution in [3.05, 3.63) is 0 Å².